The number of rotatable bonds is 0. The molecule has 0 bridgehead atoms. The van der Waals surface area contributed by atoms with E-state index in [4.69, 9.17) is 0 Å². The summed E-state index contributed by atoms with van der Waals surface area (Å²) in [5, 5.41) is 0. The fourth-order valence-electron chi connectivity index (χ4n) is 0.618. The van der Waals surface area contributed by atoms with Gasteiger partial charge in [0, 0.05) is 13.5 Å². The molecule has 1 aliphatic heterocycles. The molecule has 0 atom stereocenters. The average Bonchev–Trinajstić information content (AvgIpc) is 2.12. The van der Waals surface area contributed by atoms with E-state index in [9.17, 15) is 4.79 Å². The standard InChI is InChI=1S/C5H8N2O/c1-5(8)7-3-2-6-4-7/h4H,2-3H2,1H3. The van der Waals surface area contributed by atoms with Crippen LogP contribution in [-0.2, 0) is 4.79 Å². The lowest BCUT2D eigenvalue weighted by molar-refractivity contribution is -0.124. The summed E-state index contributed by atoms with van der Waals surface area (Å²) in [6, 6.07) is 0. The number of hydrogen-bond donors (Lipinski definition) is 0. The topological polar surface area (TPSA) is 32.7 Å². The van der Waals surface area contributed by atoms with Crippen molar-refractivity contribution in [2.75, 3.05) is 13.1 Å². The fourth-order valence-corrected chi connectivity index (χ4v) is 0.618. The summed E-state index contributed by atoms with van der Waals surface area (Å²) in [5.74, 6) is 0.0752. The second kappa shape index (κ2) is 1.94. The van der Waals surface area contributed by atoms with Crippen LogP contribution in [0.5, 0.6) is 0 Å². The maximum atomic E-state index is 10.5. The molecule has 0 saturated heterocycles. The minimum Gasteiger partial charge on any atom is -0.302 e. The van der Waals surface area contributed by atoms with Gasteiger partial charge in [-0.2, -0.15) is 0 Å². The average molecular weight is 112 g/mol. The zero-order chi connectivity index (χ0) is 5.98. The van der Waals surface area contributed by atoms with Crippen LogP contribution < -0.4 is 0 Å². The summed E-state index contributed by atoms with van der Waals surface area (Å²) in [7, 11) is 0. The van der Waals surface area contributed by atoms with Crippen LogP contribution in [0.2, 0.25) is 0 Å². The van der Waals surface area contributed by atoms with Crippen molar-refractivity contribution in [1.82, 2.24) is 4.90 Å². The Bertz CT molecular complexity index is 130. The molecule has 1 aliphatic rings. The molecule has 3 nitrogen and oxygen atoms in total. The Balaban J connectivity index is 2.48. The highest BCUT2D eigenvalue weighted by Gasteiger charge is 2.07. The van der Waals surface area contributed by atoms with E-state index in [0.717, 1.165) is 13.1 Å². The van der Waals surface area contributed by atoms with Gasteiger partial charge >= 0.3 is 0 Å². The van der Waals surface area contributed by atoms with E-state index in [1.54, 1.807) is 11.2 Å². The summed E-state index contributed by atoms with van der Waals surface area (Å²) in [4.78, 5) is 15.9. The summed E-state index contributed by atoms with van der Waals surface area (Å²) in [5.41, 5.74) is 0. The number of carbonyl (C=O) groups excluding carboxylic acids is 1. The van der Waals surface area contributed by atoms with Crippen LogP contribution in [0, 0.1) is 0 Å². The van der Waals surface area contributed by atoms with E-state index in [1.165, 1.54) is 6.92 Å². The van der Waals surface area contributed by atoms with Crippen molar-refractivity contribution < 1.29 is 4.79 Å². The van der Waals surface area contributed by atoms with E-state index < -0.39 is 0 Å². The molecule has 0 fully saturated rings. The van der Waals surface area contributed by atoms with Crippen LogP contribution in [0.1, 0.15) is 6.92 Å². The Labute approximate surface area is 48.0 Å². The predicted molar refractivity (Wildman–Crippen MR) is 30.7 cm³/mol. The van der Waals surface area contributed by atoms with Gasteiger partial charge in [-0.1, -0.05) is 0 Å². The molecule has 3 heteroatoms. The predicted octanol–water partition coefficient (Wildman–Crippen LogP) is -0.123. The number of nitrogens with zero attached hydrogens (tertiary/aromatic N) is 2. The Morgan fingerprint density at radius 2 is 2.62 bits per heavy atom. The lowest BCUT2D eigenvalue weighted by atomic mass is 10.5. The van der Waals surface area contributed by atoms with Crippen molar-refractivity contribution in [3.8, 4) is 0 Å². The van der Waals surface area contributed by atoms with Gasteiger partial charge in [0.15, 0.2) is 0 Å². The van der Waals surface area contributed by atoms with Crippen LogP contribution in [0.25, 0.3) is 0 Å². The number of hydrogen-bond acceptors (Lipinski definition) is 2. The fraction of sp³-hybridized carbons (Fsp3) is 0.600. The summed E-state index contributed by atoms with van der Waals surface area (Å²) in [6.45, 7) is 3.06. The molecule has 8 heavy (non-hydrogen) atoms. The number of amides is 1. The van der Waals surface area contributed by atoms with Gasteiger partial charge in [0.2, 0.25) is 5.91 Å². The smallest absolute Gasteiger partial charge is 0.224 e. The molecular formula is C5H8N2O. The number of carbonyl (C=O) groups is 1. The highest BCUT2D eigenvalue weighted by Crippen LogP contribution is 1.91. The van der Waals surface area contributed by atoms with Crippen LogP contribution >= 0.6 is 0 Å². The minimum atomic E-state index is 0.0752. The van der Waals surface area contributed by atoms with Crippen molar-refractivity contribution in [3.05, 3.63) is 0 Å². The first-order valence-corrected chi connectivity index (χ1v) is 2.58. The third-order valence-corrected chi connectivity index (χ3v) is 1.10. The van der Waals surface area contributed by atoms with E-state index in [-0.39, 0.29) is 5.91 Å². The largest absolute Gasteiger partial charge is 0.302 e. The SMILES string of the molecule is CC(=O)N1C=NCC1. The summed E-state index contributed by atoms with van der Waals surface area (Å²) < 4.78 is 0. The second-order valence-electron chi connectivity index (χ2n) is 1.73. The molecule has 0 unspecified atom stereocenters. The lowest BCUT2D eigenvalue weighted by Gasteiger charge is -2.05. The zero-order valence-electron chi connectivity index (χ0n) is 4.79. The molecule has 1 heterocycles. The van der Waals surface area contributed by atoms with Gasteiger partial charge in [-0.3, -0.25) is 9.79 Å². The molecule has 0 aromatic rings. The number of aliphatic imine (C=N–C) groups is 1. The lowest BCUT2D eigenvalue weighted by Crippen LogP contribution is -2.24. The Kier molecular flexibility index (Phi) is 1.28. The van der Waals surface area contributed by atoms with Crippen molar-refractivity contribution in [3.63, 3.8) is 0 Å². The maximum Gasteiger partial charge on any atom is 0.224 e. The maximum absolute atomic E-state index is 10.5. The molecule has 0 N–H and O–H groups in total. The highest BCUT2D eigenvalue weighted by atomic mass is 16.2. The molecule has 1 amide bonds. The van der Waals surface area contributed by atoms with Gasteiger partial charge < -0.3 is 4.90 Å². The van der Waals surface area contributed by atoms with E-state index in [2.05, 4.69) is 4.99 Å². The highest BCUT2D eigenvalue weighted by molar-refractivity contribution is 5.86. The molecule has 0 aromatic carbocycles. The van der Waals surface area contributed by atoms with Crippen molar-refractivity contribution >= 4 is 12.2 Å². The molecule has 44 valence electrons. The molecule has 0 aliphatic carbocycles. The normalized spacial score (nSPS) is 17.4. The van der Waals surface area contributed by atoms with Crippen LogP contribution in [0.15, 0.2) is 4.99 Å². The molecule has 1 rings (SSSR count). The minimum absolute atomic E-state index is 0.0752. The molecule has 0 aromatic heterocycles. The molecular weight excluding hydrogens is 104 g/mol. The molecule has 0 spiro atoms. The van der Waals surface area contributed by atoms with E-state index in [0.29, 0.717) is 0 Å². The van der Waals surface area contributed by atoms with Gasteiger partial charge in [0.05, 0.1) is 12.9 Å². The van der Waals surface area contributed by atoms with Gasteiger partial charge in [-0.25, -0.2) is 0 Å². The van der Waals surface area contributed by atoms with Crippen LogP contribution in [0.4, 0.5) is 0 Å². The first-order valence-electron chi connectivity index (χ1n) is 2.58. The third kappa shape index (κ3) is 0.857. The van der Waals surface area contributed by atoms with Gasteiger partial charge in [-0.05, 0) is 0 Å². The first-order chi connectivity index (χ1) is 3.80. The first kappa shape index (κ1) is 5.28. The quantitative estimate of drug-likeness (QED) is 0.430. The Hall–Kier alpha value is -0.860. The van der Waals surface area contributed by atoms with Gasteiger partial charge in [0.25, 0.3) is 0 Å². The van der Waals surface area contributed by atoms with Gasteiger partial charge in [-0.15, -0.1) is 0 Å². The Morgan fingerprint density at radius 1 is 1.88 bits per heavy atom. The second-order valence-corrected chi connectivity index (χ2v) is 1.73. The molecule has 0 radical (unpaired) electrons. The third-order valence-electron chi connectivity index (χ3n) is 1.10. The van der Waals surface area contributed by atoms with E-state index >= 15 is 0 Å². The molecule has 0 saturated carbocycles. The Morgan fingerprint density at radius 3 is 2.88 bits per heavy atom. The monoisotopic (exact) mass is 112 g/mol. The van der Waals surface area contributed by atoms with E-state index in [1.807, 2.05) is 0 Å². The van der Waals surface area contributed by atoms with Crippen molar-refractivity contribution in [2.24, 2.45) is 4.99 Å². The zero-order valence-corrected chi connectivity index (χ0v) is 4.79. The van der Waals surface area contributed by atoms with Gasteiger partial charge in [0.1, 0.15) is 0 Å². The summed E-state index contributed by atoms with van der Waals surface area (Å²) in [6.07, 6.45) is 1.59. The van der Waals surface area contributed by atoms with Crippen LogP contribution in [0.3, 0.4) is 0 Å². The van der Waals surface area contributed by atoms with Crippen LogP contribution in [-0.4, -0.2) is 30.2 Å². The summed E-state index contributed by atoms with van der Waals surface area (Å²) >= 11 is 0. The van der Waals surface area contributed by atoms with Crippen molar-refractivity contribution in [2.45, 2.75) is 6.92 Å². The van der Waals surface area contributed by atoms with Crippen molar-refractivity contribution in [1.29, 1.82) is 0 Å².